The van der Waals surface area contributed by atoms with Crippen LogP contribution < -0.4 is 9.64 Å². The monoisotopic (exact) mass is 295 g/mol. The standard InChI is InChI=1S/C16H22ClNO2/c1-10-9-16(3,4)18(15(19)11(2)17)14-12(10)7-6-8-13(14)20-5/h6-8,10-11H,9H2,1-5H3/t10-,11-/m0/s1. The van der Waals surface area contributed by atoms with Gasteiger partial charge in [-0.25, -0.2) is 0 Å². The third kappa shape index (κ3) is 2.39. The van der Waals surface area contributed by atoms with Crippen molar-refractivity contribution in [1.29, 1.82) is 0 Å². The van der Waals surface area contributed by atoms with Gasteiger partial charge in [0.2, 0.25) is 5.91 Å². The normalized spacial score (nSPS) is 22.1. The number of hydrogen-bond donors (Lipinski definition) is 0. The molecule has 3 nitrogen and oxygen atoms in total. The van der Waals surface area contributed by atoms with Gasteiger partial charge in [-0.1, -0.05) is 19.1 Å². The minimum atomic E-state index is -0.555. The van der Waals surface area contributed by atoms with Crippen LogP contribution in [0.2, 0.25) is 0 Å². The highest BCUT2D eigenvalue weighted by Crippen LogP contribution is 2.48. The summed E-state index contributed by atoms with van der Waals surface area (Å²) in [6, 6.07) is 5.93. The maximum Gasteiger partial charge on any atom is 0.245 e. The Morgan fingerprint density at radius 1 is 1.50 bits per heavy atom. The number of nitrogens with zero attached hydrogens (tertiary/aromatic N) is 1. The minimum absolute atomic E-state index is 0.0747. The maximum absolute atomic E-state index is 12.6. The fourth-order valence-corrected chi connectivity index (χ4v) is 3.28. The van der Waals surface area contributed by atoms with Crippen molar-refractivity contribution < 1.29 is 9.53 Å². The molecule has 0 saturated heterocycles. The van der Waals surface area contributed by atoms with Crippen molar-refractivity contribution in [3.05, 3.63) is 23.8 Å². The van der Waals surface area contributed by atoms with Crippen LogP contribution in [-0.2, 0) is 4.79 Å². The lowest BCUT2D eigenvalue weighted by molar-refractivity contribution is -0.119. The van der Waals surface area contributed by atoms with E-state index in [0.29, 0.717) is 5.92 Å². The molecule has 2 atom stereocenters. The van der Waals surface area contributed by atoms with Crippen LogP contribution in [0, 0.1) is 0 Å². The van der Waals surface area contributed by atoms with Crippen LogP contribution in [0.1, 0.15) is 45.6 Å². The topological polar surface area (TPSA) is 29.5 Å². The summed E-state index contributed by atoms with van der Waals surface area (Å²) in [7, 11) is 1.63. The average molecular weight is 296 g/mol. The highest BCUT2D eigenvalue weighted by atomic mass is 35.5. The number of ether oxygens (including phenoxy) is 1. The Bertz CT molecular complexity index is 525. The zero-order valence-electron chi connectivity index (χ0n) is 12.7. The quantitative estimate of drug-likeness (QED) is 0.773. The molecule has 1 aromatic rings. The van der Waals surface area contributed by atoms with Crippen LogP contribution in [0.15, 0.2) is 18.2 Å². The Morgan fingerprint density at radius 3 is 2.70 bits per heavy atom. The predicted octanol–water partition coefficient (Wildman–Crippen LogP) is 3.94. The van der Waals surface area contributed by atoms with Gasteiger partial charge in [-0.15, -0.1) is 11.6 Å². The van der Waals surface area contributed by atoms with E-state index >= 15 is 0 Å². The Hall–Kier alpha value is -1.22. The zero-order chi connectivity index (χ0) is 15.1. The molecule has 0 spiro atoms. The van der Waals surface area contributed by atoms with E-state index in [-0.39, 0.29) is 11.4 Å². The predicted molar refractivity (Wildman–Crippen MR) is 82.9 cm³/mol. The zero-order valence-corrected chi connectivity index (χ0v) is 13.5. The van der Waals surface area contributed by atoms with E-state index < -0.39 is 5.38 Å². The van der Waals surface area contributed by atoms with Crippen molar-refractivity contribution in [3.63, 3.8) is 0 Å². The lowest BCUT2D eigenvalue weighted by atomic mass is 9.79. The summed E-state index contributed by atoms with van der Waals surface area (Å²) < 4.78 is 5.48. The van der Waals surface area contributed by atoms with E-state index in [9.17, 15) is 4.79 Å². The second-order valence-electron chi connectivity index (χ2n) is 6.11. The summed E-state index contributed by atoms with van der Waals surface area (Å²) in [5.74, 6) is 1.03. The number of carbonyl (C=O) groups is 1. The number of methoxy groups -OCH3 is 1. The van der Waals surface area contributed by atoms with Gasteiger partial charge in [-0.3, -0.25) is 4.79 Å². The summed E-state index contributed by atoms with van der Waals surface area (Å²) in [4.78, 5) is 14.4. The second-order valence-corrected chi connectivity index (χ2v) is 6.76. The number of alkyl halides is 1. The van der Waals surface area contributed by atoms with Crippen LogP contribution in [0.4, 0.5) is 5.69 Å². The van der Waals surface area contributed by atoms with Crippen LogP contribution in [0.25, 0.3) is 0 Å². The van der Waals surface area contributed by atoms with E-state index in [4.69, 9.17) is 16.3 Å². The van der Waals surface area contributed by atoms with E-state index in [1.165, 1.54) is 0 Å². The van der Waals surface area contributed by atoms with Gasteiger partial charge in [0.25, 0.3) is 0 Å². The minimum Gasteiger partial charge on any atom is -0.495 e. The third-order valence-electron chi connectivity index (χ3n) is 3.98. The van der Waals surface area contributed by atoms with Crippen LogP contribution in [0.3, 0.4) is 0 Å². The van der Waals surface area contributed by atoms with Gasteiger partial charge in [0, 0.05) is 5.54 Å². The van der Waals surface area contributed by atoms with E-state index in [1.807, 2.05) is 17.0 Å². The first-order valence-corrected chi connectivity index (χ1v) is 7.38. The van der Waals surface area contributed by atoms with Crippen LogP contribution >= 0.6 is 11.6 Å². The third-order valence-corrected chi connectivity index (χ3v) is 4.16. The number of rotatable bonds is 2. The number of carbonyl (C=O) groups excluding carboxylic acids is 1. The fourth-order valence-electron chi connectivity index (χ4n) is 3.18. The Morgan fingerprint density at radius 2 is 2.15 bits per heavy atom. The molecular formula is C16H22ClNO2. The molecule has 2 rings (SSSR count). The molecular weight excluding hydrogens is 274 g/mol. The van der Waals surface area contributed by atoms with Gasteiger partial charge < -0.3 is 9.64 Å². The average Bonchev–Trinajstić information content (AvgIpc) is 2.36. The number of para-hydroxylation sites is 1. The van der Waals surface area contributed by atoms with Crippen molar-refractivity contribution in [1.82, 2.24) is 0 Å². The molecule has 1 amide bonds. The summed E-state index contributed by atoms with van der Waals surface area (Å²) in [6.45, 7) is 8.06. The SMILES string of the molecule is COc1cccc2c1N(C(=O)[C@H](C)Cl)C(C)(C)C[C@@H]2C. The molecule has 0 bridgehead atoms. The molecule has 1 aromatic carbocycles. The first-order valence-electron chi connectivity index (χ1n) is 6.94. The van der Waals surface area contributed by atoms with Gasteiger partial charge in [-0.2, -0.15) is 0 Å². The van der Waals surface area contributed by atoms with E-state index in [0.717, 1.165) is 23.4 Å². The molecule has 1 aliphatic heterocycles. The highest BCUT2D eigenvalue weighted by Gasteiger charge is 2.42. The van der Waals surface area contributed by atoms with Gasteiger partial charge in [0.05, 0.1) is 12.8 Å². The number of hydrogen-bond acceptors (Lipinski definition) is 2. The van der Waals surface area contributed by atoms with E-state index in [2.05, 4.69) is 26.8 Å². The highest BCUT2D eigenvalue weighted by molar-refractivity contribution is 6.32. The fraction of sp³-hybridized carbons (Fsp3) is 0.562. The van der Waals surface area contributed by atoms with Crippen molar-refractivity contribution in [2.75, 3.05) is 12.0 Å². The molecule has 110 valence electrons. The number of anilines is 1. The first kappa shape index (κ1) is 15.2. The first-order chi connectivity index (χ1) is 9.29. The summed E-state index contributed by atoms with van der Waals surface area (Å²) in [6.07, 6.45) is 0.905. The van der Waals surface area contributed by atoms with Gasteiger partial charge in [-0.05, 0) is 44.7 Å². The van der Waals surface area contributed by atoms with Gasteiger partial charge in [0.15, 0.2) is 0 Å². The Kier molecular flexibility index (Phi) is 4.01. The molecule has 20 heavy (non-hydrogen) atoms. The lowest BCUT2D eigenvalue weighted by Crippen LogP contribution is -2.53. The van der Waals surface area contributed by atoms with Crippen molar-refractivity contribution in [3.8, 4) is 5.75 Å². The molecule has 1 aliphatic rings. The van der Waals surface area contributed by atoms with E-state index in [1.54, 1.807) is 14.0 Å². The number of benzene rings is 1. The second kappa shape index (κ2) is 5.28. The number of halogens is 1. The molecule has 0 aliphatic carbocycles. The smallest absolute Gasteiger partial charge is 0.245 e. The molecule has 4 heteroatoms. The van der Waals surface area contributed by atoms with Crippen LogP contribution in [0.5, 0.6) is 5.75 Å². The maximum atomic E-state index is 12.6. The molecule has 0 fully saturated rings. The Balaban J connectivity index is 2.66. The molecule has 0 unspecified atom stereocenters. The van der Waals surface area contributed by atoms with Gasteiger partial charge in [0.1, 0.15) is 11.1 Å². The summed E-state index contributed by atoms with van der Waals surface area (Å²) in [5, 5.41) is -0.555. The summed E-state index contributed by atoms with van der Waals surface area (Å²) in [5.41, 5.74) is 1.74. The van der Waals surface area contributed by atoms with Gasteiger partial charge >= 0.3 is 0 Å². The molecule has 0 N–H and O–H groups in total. The number of fused-ring (bicyclic) bond motifs is 1. The molecule has 0 saturated carbocycles. The van der Waals surface area contributed by atoms with Crippen molar-refractivity contribution >= 4 is 23.2 Å². The lowest BCUT2D eigenvalue weighted by Gasteiger charge is -2.46. The largest absolute Gasteiger partial charge is 0.495 e. The summed E-state index contributed by atoms with van der Waals surface area (Å²) >= 11 is 6.06. The van der Waals surface area contributed by atoms with Crippen LogP contribution in [-0.4, -0.2) is 23.9 Å². The van der Waals surface area contributed by atoms with Crippen molar-refractivity contribution in [2.45, 2.75) is 50.9 Å². The Labute approximate surface area is 125 Å². The molecule has 1 heterocycles. The number of amides is 1. The van der Waals surface area contributed by atoms with Crippen molar-refractivity contribution in [2.24, 2.45) is 0 Å². The molecule has 0 aromatic heterocycles. The molecule has 0 radical (unpaired) electrons.